The number of nitrogens with zero attached hydrogens (tertiary/aromatic N) is 1. The first-order valence-electron chi connectivity index (χ1n) is 4.84. The van der Waals surface area contributed by atoms with Crippen molar-refractivity contribution in [3.63, 3.8) is 0 Å². The van der Waals surface area contributed by atoms with Gasteiger partial charge in [-0.25, -0.2) is 4.39 Å². The van der Waals surface area contributed by atoms with E-state index in [1.165, 1.54) is 6.92 Å². The van der Waals surface area contributed by atoms with Crippen molar-refractivity contribution in [1.82, 2.24) is 0 Å². The first kappa shape index (κ1) is 5.90. The van der Waals surface area contributed by atoms with Gasteiger partial charge in [-0.05, 0) is 12.5 Å². The largest absolute Gasteiger partial charge is 0.490 e. The molecule has 0 aliphatic carbocycles. The Labute approximate surface area is 78.3 Å². The minimum atomic E-state index is -2.85. The molecule has 0 amide bonds. The van der Waals surface area contributed by atoms with Crippen molar-refractivity contribution in [2.24, 2.45) is 0 Å². The molecule has 0 aromatic heterocycles. The van der Waals surface area contributed by atoms with E-state index in [2.05, 4.69) is 4.74 Å². The molecule has 0 saturated carbocycles. The van der Waals surface area contributed by atoms with Crippen molar-refractivity contribution >= 4 is 5.69 Å². The zero-order chi connectivity index (χ0) is 12.5. The van der Waals surface area contributed by atoms with Crippen molar-refractivity contribution in [3.05, 3.63) is 33.6 Å². The smallest absolute Gasteiger partial charge is 0.311 e. The molecule has 0 radical (unpaired) electrons. The molecule has 0 spiro atoms. The average Bonchev–Trinajstić information content (AvgIpc) is 2.07. The standard InChI is InChI=1S/C8H8FNO3/c1-5-3-7(10(11)12)8(13-2)4-6(5)9/h3-4H,1-2H3/i2D3. The van der Waals surface area contributed by atoms with Crippen molar-refractivity contribution in [3.8, 4) is 5.75 Å². The molecule has 0 atom stereocenters. The zero-order valence-electron chi connectivity index (χ0n) is 9.70. The van der Waals surface area contributed by atoms with E-state index in [0.717, 1.165) is 6.07 Å². The first-order valence-corrected chi connectivity index (χ1v) is 3.34. The van der Waals surface area contributed by atoms with Gasteiger partial charge < -0.3 is 4.74 Å². The fourth-order valence-electron chi connectivity index (χ4n) is 0.872. The maximum Gasteiger partial charge on any atom is 0.311 e. The molecule has 0 N–H and O–H groups in total. The highest BCUT2D eigenvalue weighted by molar-refractivity contribution is 5.48. The number of rotatable bonds is 2. The lowest BCUT2D eigenvalue weighted by atomic mass is 10.2. The number of halogens is 1. The van der Waals surface area contributed by atoms with E-state index >= 15 is 0 Å². The number of methoxy groups -OCH3 is 1. The molecule has 0 bridgehead atoms. The molecule has 1 rings (SSSR count). The number of hydrogen-bond donors (Lipinski definition) is 0. The Morgan fingerprint density at radius 1 is 1.69 bits per heavy atom. The second-order valence-electron chi connectivity index (χ2n) is 2.43. The van der Waals surface area contributed by atoms with Gasteiger partial charge in [-0.3, -0.25) is 10.1 Å². The van der Waals surface area contributed by atoms with Gasteiger partial charge >= 0.3 is 5.69 Å². The Bertz CT molecular complexity index is 433. The van der Waals surface area contributed by atoms with Crippen LogP contribution >= 0.6 is 0 Å². The number of nitro groups is 1. The molecule has 4 nitrogen and oxygen atoms in total. The van der Waals surface area contributed by atoms with Crippen LogP contribution < -0.4 is 4.74 Å². The van der Waals surface area contributed by atoms with Crippen LogP contribution in [-0.2, 0) is 0 Å². The zero-order valence-corrected chi connectivity index (χ0v) is 6.70. The number of nitro benzene ring substituents is 1. The third-order valence-electron chi connectivity index (χ3n) is 1.55. The van der Waals surface area contributed by atoms with Gasteiger partial charge in [0.1, 0.15) is 5.82 Å². The van der Waals surface area contributed by atoms with Crippen LogP contribution in [0.5, 0.6) is 5.75 Å². The summed E-state index contributed by atoms with van der Waals surface area (Å²) in [6.07, 6.45) is 0. The Morgan fingerprint density at radius 2 is 2.38 bits per heavy atom. The van der Waals surface area contributed by atoms with Gasteiger partial charge in [0, 0.05) is 12.1 Å². The van der Waals surface area contributed by atoms with Crippen molar-refractivity contribution in [2.75, 3.05) is 7.04 Å². The van der Waals surface area contributed by atoms with E-state index in [9.17, 15) is 14.5 Å². The van der Waals surface area contributed by atoms with Crippen LogP contribution in [0.1, 0.15) is 9.68 Å². The summed E-state index contributed by atoms with van der Waals surface area (Å²) in [4.78, 5) is 9.76. The minimum absolute atomic E-state index is 0.0459. The summed E-state index contributed by atoms with van der Waals surface area (Å²) in [5.74, 6) is -1.36. The highest BCUT2D eigenvalue weighted by Gasteiger charge is 2.16. The molecule has 0 fully saturated rings. The molecule has 5 heteroatoms. The summed E-state index contributed by atoms with van der Waals surface area (Å²) in [5, 5.41) is 10.6. The summed E-state index contributed by atoms with van der Waals surface area (Å²) >= 11 is 0. The second kappa shape index (κ2) is 3.38. The maximum absolute atomic E-state index is 13.1. The highest BCUT2D eigenvalue weighted by Crippen LogP contribution is 2.28. The summed E-state index contributed by atoms with van der Waals surface area (Å²) in [7, 11) is -2.85. The fraction of sp³-hybridized carbons (Fsp3) is 0.250. The van der Waals surface area contributed by atoms with Crippen molar-refractivity contribution in [2.45, 2.75) is 6.92 Å². The molecular weight excluding hydrogens is 177 g/mol. The maximum atomic E-state index is 13.1. The lowest BCUT2D eigenvalue weighted by Gasteiger charge is -2.02. The second-order valence-corrected chi connectivity index (χ2v) is 2.43. The van der Waals surface area contributed by atoms with Gasteiger partial charge in [-0.15, -0.1) is 0 Å². The molecule has 0 unspecified atom stereocenters. The number of aryl methyl sites for hydroxylation is 1. The van der Waals surface area contributed by atoms with Crippen LogP contribution in [0.4, 0.5) is 10.1 Å². The van der Waals surface area contributed by atoms with Crippen LogP contribution in [0.25, 0.3) is 0 Å². The Morgan fingerprint density at radius 3 is 2.92 bits per heavy atom. The summed E-state index contributed by atoms with van der Waals surface area (Å²) in [6.45, 7) is 1.33. The van der Waals surface area contributed by atoms with Gasteiger partial charge in [-0.2, -0.15) is 0 Å². The molecule has 0 aliphatic heterocycles. The van der Waals surface area contributed by atoms with E-state index in [1.54, 1.807) is 0 Å². The summed E-state index contributed by atoms with van der Waals surface area (Å²) < 4.78 is 37.9. The minimum Gasteiger partial charge on any atom is -0.490 e. The van der Waals surface area contributed by atoms with Crippen molar-refractivity contribution < 1.29 is 18.2 Å². The lowest BCUT2D eigenvalue weighted by molar-refractivity contribution is -0.385. The Balaban J connectivity index is 3.25. The SMILES string of the molecule is [2H]C([2H])([2H])Oc1cc(F)c(C)cc1[N+](=O)[O-]. The van der Waals surface area contributed by atoms with Crippen LogP contribution in [0.2, 0.25) is 0 Å². The summed E-state index contributed by atoms with van der Waals surface area (Å²) in [6, 6.07) is 1.62. The van der Waals surface area contributed by atoms with Gasteiger partial charge in [0.15, 0.2) is 5.75 Å². The quantitative estimate of drug-likeness (QED) is 0.527. The van der Waals surface area contributed by atoms with Crippen LogP contribution in [0.3, 0.4) is 0 Å². The summed E-state index contributed by atoms with van der Waals surface area (Å²) in [5.41, 5.74) is -0.528. The Hall–Kier alpha value is -1.65. The van der Waals surface area contributed by atoms with E-state index in [1.807, 2.05) is 0 Å². The van der Waals surface area contributed by atoms with E-state index in [0.29, 0.717) is 6.07 Å². The topological polar surface area (TPSA) is 52.4 Å². The van der Waals surface area contributed by atoms with Crippen LogP contribution in [0.15, 0.2) is 12.1 Å². The molecule has 0 aliphatic rings. The van der Waals surface area contributed by atoms with Crippen molar-refractivity contribution in [1.29, 1.82) is 0 Å². The molecule has 1 aromatic rings. The van der Waals surface area contributed by atoms with E-state index in [4.69, 9.17) is 4.11 Å². The lowest BCUT2D eigenvalue weighted by Crippen LogP contribution is -1.96. The molecule has 70 valence electrons. The molecule has 0 heterocycles. The third-order valence-corrected chi connectivity index (χ3v) is 1.55. The van der Waals surface area contributed by atoms with E-state index < -0.39 is 29.2 Å². The molecule has 1 aromatic carbocycles. The number of ether oxygens (including phenoxy) is 1. The fourth-order valence-corrected chi connectivity index (χ4v) is 0.872. The average molecular weight is 188 g/mol. The Kier molecular flexibility index (Phi) is 1.54. The van der Waals surface area contributed by atoms with Gasteiger partial charge in [0.2, 0.25) is 0 Å². The normalized spacial score (nSPS) is 14.2. The molecule has 0 saturated heterocycles. The number of hydrogen-bond acceptors (Lipinski definition) is 3. The molecular formula is C8H8FNO3. The van der Waals surface area contributed by atoms with Gasteiger partial charge in [-0.1, -0.05) is 0 Å². The number of benzene rings is 1. The predicted octanol–water partition coefficient (Wildman–Crippen LogP) is 2.05. The van der Waals surface area contributed by atoms with Crippen LogP contribution in [-0.4, -0.2) is 12.0 Å². The third kappa shape index (κ3) is 1.74. The van der Waals surface area contributed by atoms with E-state index in [-0.39, 0.29) is 5.56 Å². The van der Waals surface area contributed by atoms with Gasteiger partial charge in [0.05, 0.1) is 16.1 Å². The predicted molar refractivity (Wildman–Crippen MR) is 44.3 cm³/mol. The first-order chi connectivity index (χ1) is 7.20. The van der Waals surface area contributed by atoms with Crippen LogP contribution in [0, 0.1) is 22.9 Å². The molecule has 13 heavy (non-hydrogen) atoms. The van der Waals surface area contributed by atoms with Gasteiger partial charge in [0.25, 0.3) is 0 Å². The monoisotopic (exact) mass is 188 g/mol. The highest BCUT2D eigenvalue weighted by atomic mass is 19.1.